The van der Waals surface area contributed by atoms with Crippen molar-refractivity contribution in [2.45, 2.75) is 97.3 Å². The topological polar surface area (TPSA) is 61.8 Å². The van der Waals surface area contributed by atoms with Crippen LogP contribution in [0.15, 0.2) is 36.4 Å². The molecular formula is C28H44O5. The smallest absolute Gasteiger partial charge is 0.333 e. The summed E-state index contributed by atoms with van der Waals surface area (Å²) >= 11 is 0. The van der Waals surface area contributed by atoms with Gasteiger partial charge in [-0.2, -0.15) is 0 Å². The van der Waals surface area contributed by atoms with Crippen LogP contribution in [0.1, 0.15) is 96.0 Å². The Hall–Kier alpha value is -2.30. The van der Waals surface area contributed by atoms with Crippen LogP contribution in [-0.2, 0) is 19.1 Å². The fourth-order valence-electron chi connectivity index (χ4n) is 3.36. The second kappa shape index (κ2) is 19.2. The molecule has 0 aliphatic rings. The van der Waals surface area contributed by atoms with E-state index >= 15 is 0 Å². The molecule has 0 saturated heterocycles. The van der Waals surface area contributed by atoms with Crippen molar-refractivity contribution in [1.82, 2.24) is 0 Å². The molecule has 0 aromatic heterocycles. The normalized spacial score (nSPS) is 10.6. The Bertz CT molecular complexity index is 665. The molecule has 0 aliphatic heterocycles. The molecule has 0 saturated carbocycles. The SMILES string of the molecule is C=C(C)C(=O)OCCCCCC(=O)OCCCCCCCCCCCOc1ccc(C)cc1. The zero-order valence-corrected chi connectivity index (χ0v) is 20.9. The monoisotopic (exact) mass is 460 g/mol. The van der Waals surface area contributed by atoms with E-state index in [0.717, 1.165) is 50.9 Å². The summed E-state index contributed by atoms with van der Waals surface area (Å²) in [5, 5.41) is 0. The Morgan fingerprint density at radius 3 is 1.76 bits per heavy atom. The zero-order valence-electron chi connectivity index (χ0n) is 20.9. The molecule has 5 heteroatoms. The highest BCUT2D eigenvalue weighted by Crippen LogP contribution is 2.13. The predicted molar refractivity (Wildman–Crippen MR) is 133 cm³/mol. The van der Waals surface area contributed by atoms with Gasteiger partial charge >= 0.3 is 11.9 Å². The lowest BCUT2D eigenvalue weighted by molar-refractivity contribution is -0.144. The van der Waals surface area contributed by atoms with E-state index in [1.807, 2.05) is 12.1 Å². The summed E-state index contributed by atoms with van der Waals surface area (Å²) in [5.41, 5.74) is 1.67. The maximum absolute atomic E-state index is 11.7. The minimum absolute atomic E-state index is 0.125. The Kier molecular flexibility index (Phi) is 16.7. The highest BCUT2D eigenvalue weighted by molar-refractivity contribution is 5.86. The molecule has 1 rings (SSSR count). The van der Waals surface area contributed by atoms with Gasteiger partial charge in [0.2, 0.25) is 0 Å². The predicted octanol–water partition coefficient (Wildman–Crippen LogP) is 7.11. The van der Waals surface area contributed by atoms with E-state index in [1.165, 1.54) is 44.1 Å². The highest BCUT2D eigenvalue weighted by atomic mass is 16.5. The average molecular weight is 461 g/mol. The first-order valence-electron chi connectivity index (χ1n) is 12.7. The molecule has 0 unspecified atom stereocenters. The highest BCUT2D eigenvalue weighted by Gasteiger charge is 2.04. The van der Waals surface area contributed by atoms with E-state index in [0.29, 0.717) is 25.2 Å². The van der Waals surface area contributed by atoms with Crippen LogP contribution in [0.5, 0.6) is 5.75 Å². The quantitative estimate of drug-likeness (QED) is 0.118. The van der Waals surface area contributed by atoms with Crippen LogP contribution in [-0.4, -0.2) is 31.8 Å². The Morgan fingerprint density at radius 1 is 0.697 bits per heavy atom. The standard InChI is InChI=1S/C28H44O5/c1-24(2)28(30)33-23-15-11-12-16-27(29)32-22-14-10-8-6-4-5-7-9-13-21-31-26-19-17-25(3)18-20-26/h17-20H,1,4-16,21-23H2,2-3H3. The first-order chi connectivity index (χ1) is 16.0. The molecule has 0 spiro atoms. The van der Waals surface area contributed by atoms with Gasteiger partial charge in [0.05, 0.1) is 19.8 Å². The number of hydrogen-bond donors (Lipinski definition) is 0. The van der Waals surface area contributed by atoms with Gasteiger partial charge in [-0.1, -0.05) is 69.2 Å². The molecule has 0 N–H and O–H groups in total. The molecule has 0 heterocycles. The van der Waals surface area contributed by atoms with E-state index in [4.69, 9.17) is 14.2 Å². The van der Waals surface area contributed by atoms with Crippen LogP contribution < -0.4 is 4.74 Å². The van der Waals surface area contributed by atoms with E-state index in [-0.39, 0.29) is 11.9 Å². The molecular weight excluding hydrogens is 416 g/mol. The number of aryl methyl sites for hydroxylation is 1. The van der Waals surface area contributed by atoms with Crippen molar-refractivity contribution in [1.29, 1.82) is 0 Å². The first kappa shape index (κ1) is 28.7. The lowest BCUT2D eigenvalue weighted by Crippen LogP contribution is -2.07. The van der Waals surface area contributed by atoms with Crippen molar-refractivity contribution in [3.63, 3.8) is 0 Å². The summed E-state index contributed by atoms with van der Waals surface area (Å²) in [6, 6.07) is 8.23. The van der Waals surface area contributed by atoms with E-state index in [2.05, 4.69) is 25.6 Å². The molecule has 0 fully saturated rings. The van der Waals surface area contributed by atoms with Gasteiger partial charge in [-0.05, 0) is 58.1 Å². The molecule has 0 aliphatic carbocycles. The van der Waals surface area contributed by atoms with Crippen LogP contribution in [0.25, 0.3) is 0 Å². The van der Waals surface area contributed by atoms with Crippen LogP contribution in [0.4, 0.5) is 0 Å². The summed E-state index contributed by atoms with van der Waals surface area (Å²) in [7, 11) is 0. The second-order valence-electron chi connectivity index (χ2n) is 8.79. The van der Waals surface area contributed by atoms with Gasteiger partial charge in [-0.15, -0.1) is 0 Å². The third kappa shape index (κ3) is 16.9. The van der Waals surface area contributed by atoms with Crippen molar-refractivity contribution in [2.75, 3.05) is 19.8 Å². The average Bonchev–Trinajstić information content (AvgIpc) is 2.80. The van der Waals surface area contributed by atoms with E-state index in [1.54, 1.807) is 6.92 Å². The minimum Gasteiger partial charge on any atom is -0.494 e. The first-order valence-corrected chi connectivity index (χ1v) is 12.7. The summed E-state index contributed by atoms with van der Waals surface area (Å²) in [5.74, 6) is 0.486. The van der Waals surface area contributed by atoms with Gasteiger partial charge in [0, 0.05) is 12.0 Å². The molecule has 0 bridgehead atoms. The third-order valence-corrected chi connectivity index (χ3v) is 5.45. The molecule has 186 valence electrons. The van der Waals surface area contributed by atoms with Crippen LogP contribution in [0.2, 0.25) is 0 Å². The van der Waals surface area contributed by atoms with Crippen molar-refractivity contribution in [2.24, 2.45) is 0 Å². The molecule has 5 nitrogen and oxygen atoms in total. The number of hydrogen-bond acceptors (Lipinski definition) is 5. The van der Waals surface area contributed by atoms with Gasteiger partial charge in [-0.25, -0.2) is 4.79 Å². The third-order valence-electron chi connectivity index (χ3n) is 5.45. The maximum atomic E-state index is 11.7. The van der Waals surface area contributed by atoms with Crippen LogP contribution in [0.3, 0.4) is 0 Å². The second-order valence-corrected chi connectivity index (χ2v) is 8.79. The van der Waals surface area contributed by atoms with Crippen molar-refractivity contribution < 1.29 is 23.8 Å². The lowest BCUT2D eigenvalue weighted by Gasteiger charge is -2.07. The maximum Gasteiger partial charge on any atom is 0.333 e. The summed E-state index contributed by atoms with van der Waals surface area (Å²) in [6.45, 7) is 8.95. The number of ether oxygens (including phenoxy) is 3. The number of rotatable bonds is 20. The minimum atomic E-state index is -0.353. The molecule has 1 aromatic rings. The van der Waals surface area contributed by atoms with Crippen LogP contribution >= 0.6 is 0 Å². The van der Waals surface area contributed by atoms with Gasteiger partial charge in [-0.3, -0.25) is 4.79 Å². The molecule has 0 radical (unpaired) electrons. The Balaban J connectivity index is 1.78. The zero-order chi connectivity index (χ0) is 24.2. The fraction of sp³-hybridized carbons (Fsp3) is 0.643. The number of carbonyl (C=O) groups excluding carboxylic acids is 2. The molecule has 33 heavy (non-hydrogen) atoms. The summed E-state index contributed by atoms with van der Waals surface area (Å²) in [4.78, 5) is 22.9. The van der Waals surface area contributed by atoms with Crippen molar-refractivity contribution >= 4 is 11.9 Å². The lowest BCUT2D eigenvalue weighted by atomic mass is 10.1. The Labute approximate surface area is 200 Å². The van der Waals surface area contributed by atoms with Crippen molar-refractivity contribution in [3.05, 3.63) is 42.0 Å². The number of esters is 2. The number of carbonyl (C=O) groups is 2. The van der Waals surface area contributed by atoms with Gasteiger partial charge < -0.3 is 14.2 Å². The van der Waals surface area contributed by atoms with Gasteiger partial charge in [0.1, 0.15) is 5.75 Å². The summed E-state index contributed by atoms with van der Waals surface area (Å²) < 4.78 is 16.1. The van der Waals surface area contributed by atoms with Crippen molar-refractivity contribution in [3.8, 4) is 5.75 Å². The van der Waals surface area contributed by atoms with E-state index < -0.39 is 0 Å². The molecule has 1 aromatic carbocycles. The number of unbranched alkanes of at least 4 members (excludes halogenated alkanes) is 10. The van der Waals surface area contributed by atoms with Gasteiger partial charge in [0.15, 0.2) is 0 Å². The van der Waals surface area contributed by atoms with Gasteiger partial charge in [0.25, 0.3) is 0 Å². The summed E-state index contributed by atoms with van der Waals surface area (Å²) in [6.07, 6.45) is 13.5. The molecule has 0 atom stereocenters. The van der Waals surface area contributed by atoms with Crippen LogP contribution in [0, 0.1) is 6.92 Å². The fourth-order valence-corrected chi connectivity index (χ4v) is 3.36. The molecule has 0 amide bonds. The van der Waals surface area contributed by atoms with E-state index in [9.17, 15) is 9.59 Å². The number of benzene rings is 1. The largest absolute Gasteiger partial charge is 0.494 e. The Morgan fingerprint density at radius 2 is 1.18 bits per heavy atom.